The van der Waals surface area contributed by atoms with Crippen molar-refractivity contribution in [1.82, 2.24) is 4.90 Å². The van der Waals surface area contributed by atoms with Crippen molar-refractivity contribution in [3.63, 3.8) is 0 Å². The molecule has 86 valence electrons. The van der Waals surface area contributed by atoms with Gasteiger partial charge < -0.3 is 4.74 Å². The highest BCUT2D eigenvalue weighted by molar-refractivity contribution is 4.60. The molecule has 0 bridgehead atoms. The molecule has 0 N–H and O–H groups in total. The van der Waals surface area contributed by atoms with E-state index in [4.69, 9.17) is 4.74 Å². The molecule has 0 aliphatic carbocycles. The Kier molecular flexibility index (Phi) is 8.20. The van der Waals surface area contributed by atoms with Crippen LogP contribution in [0.15, 0.2) is 0 Å². The van der Waals surface area contributed by atoms with Crippen molar-refractivity contribution in [1.29, 1.82) is 0 Å². The maximum absolute atomic E-state index is 6.01. The Bertz CT molecular complexity index is 123. The molecule has 2 atom stereocenters. The van der Waals surface area contributed by atoms with Crippen molar-refractivity contribution < 1.29 is 4.74 Å². The largest absolute Gasteiger partial charge is 0.360 e. The third kappa shape index (κ3) is 4.97. The predicted octanol–water partition coefficient (Wildman–Crippen LogP) is 3.27. The molecule has 0 aromatic carbocycles. The minimum absolute atomic E-state index is 0.265. The molecule has 0 saturated heterocycles. The van der Waals surface area contributed by atoms with Crippen LogP contribution in [0, 0.1) is 0 Å². The SMILES string of the molecule is CCCC(CC)OC(C)N(CC)CC. The van der Waals surface area contributed by atoms with Gasteiger partial charge in [0.25, 0.3) is 0 Å². The molecular formula is C12H27NO. The first-order valence-corrected chi connectivity index (χ1v) is 6.08. The van der Waals surface area contributed by atoms with Crippen molar-refractivity contribution in [2.75, 3.05) is 13.1 Å². The van der Waals surface area contributed by atoms with Crippen molar-refractivity contribution in [2.45, 2.75) is 66.2 Å². The van der Waals surface area contributed by atoms with Gasteiger partial charge in [-0.2, -0.15) is 0 Å². The lowest BCUT2D eigenvalue weighted by Crippen LogP contribution is -2.37. The fraction of sp³-hybridized carbons (Fsp3) is 1.00. The van der Waals surface area contributed by atoms with E-state index in [0.29, 0.717) is 6.10 Å². The quantitative estimate of drug-likeness (QED) is 0.559. The van der Waals surface area contributed by atoms with E-state index in [-0.39, 0.29) is 6.23 Å². The van der Waals surface area contributed by atoms with E-state index >= 15 is 0 Å². The molecule has 14 heavy (non-hydrogen) atoms. The lowest BCUT2D eigenvalue weighted by atomic mass is 10.1. The predicted molar refractivity (Wildman–Crippen MR) is 62.5 cm³/mol. The summed E-state index contributed by atoms with van der Waals surface area (Å²) in [5.74, 6) is 0. The van der Waals surface area contributed by atoms with Gasteiger partial charge in [-0.15, -0.1) is 0 Å². The second-order valence-electron chi connectivity index (χ2n) is 3.78. The zero-order valence-corrected chi connectivity index (χ0v) is 10.5. The van der Waals surface area contributed by atoms with Crippen LogP contribution in [0.1, 0.15) is 53.9 Å². The summed E-state index contributed by atoms with van der Waals surface area (Å²) in [6.07, 6.45) is 4.22. The van der Waals surface area contributed by atoms with Gasteiger partial charge >= 0.3 is 0 Å². The van der Waals surface area contributed by atoms with Gasteiger partial charge in [-0.3, -0.25) is 4.90 Å². The average Bonchev–Trinajstić information content (AvgIpc) is 2.19. The second kappa shape index (κ2) is 8.25. The van der Waals surface area contributed by atoms with Crippen molar-refractivity contribution in [2.24, 2.45) is 0 Å². The topological polar surface area (TPSA) is 12.5 Å². The van der Waals surface area contributed by atoms with Crippen molar-refractivity contribution in [3.05, 3.63) is 0 Å². The molecule has 0 radical (unpaired) electrons. The van der Waals surface area contributed by atoms with E-state index in [2.05, 4.69) is 39.5 Å². The number of ether oxygens (including phenoxy) is 1. The molecule has 0 spiro atoms. The van der Waals surface area contributed by atoms with Crippen LogP contribution in [0.4, 0.5) is 0 Å². The Labute approximate surface area is 89.6 Å². The van der Waals surface area contributed by atoms with E-state index in [1.54, 1.807) is 0 Å². The summed E-state index contributed by atoms with van der Waals surface area (Å²) in [5.41, 5.74) is 0. The smallest absolute Gasteiger partial charge is 0.108 e. The summed E-state index contributed by atoms with van der Waals surface area (Å²) in [5, 5.41) is 0. The molecule has 0 rings (SSSR count). The molecule has 0 aromatic rings. The Morgan fingerprint density at radius 1 is 1.07 bits per heavy atom. The third-order valence-electron chi connectivity index (χ3n) is 2.78. The fourth-order valence-corrected chi connectivity index (χ4v) is 1.79. The van der Waals surface area contributed by atoms with E-state index in [1.165, 1.54) is 12.8 Å². The average molecular weight is 201 g/mol. The van der Waals surface area contributed by atoms with Crippen molar-refractivity contribution in [3.8, 4) is 0 Å². The zero-order chi connectivity index (χ0) is 11.0. The molecule has 0 aromatic heterocycles. The summed E-state index contributed by atoms with van der Waals surface area (Å²) in [6, 6.07) is 0. The summed E-state index contributed by atoms with van der Waals surface area (Å²) in [4.78, 5) is 2.35. The van der Waals surface area contributed by atoms with Crippen LogP contribution in [0.2, 0.25) is 0 Å². The molecule has 2 unspecified atom stereocenters. The summed E-state index contributed by atoms with van der Waals surface area (Å²) >= 11 is 0. The summed E-state index contributed by atoms with van der Waals surface area (Å²) < 4.78 is 6.01. The fourth-order valence-electron chi connectivity index (χ4n) is 1.79. The van der Waals surface area contributed by atoms with Crippen LogP contribution in [-0.2, 0) is 4.74 Å². The number of hydrogen-bond acceptors (Lipinski definition) is 2. The first kappa shape index (κ1) is 13.9. The Morgan fingerprint density at radius 2 is 1.64 bits per heavy atom. The van der Waals surface area contributed by atoms with Gasteiger partial charge in [-0.25, -0.2) is 0 Å². The van der Waals surface area contributed by atoms with Crippen LogP contribution in [0.5, 0.6) is 0 Å². The molecule has 0 fully saturated rings. The van der Waals surface area contributed by atoms with E-state index in [0.717, 1.165) is 19.5 Å². The lowest BCUT2D eigenvalue weighted by Gasteiger charge is -2.30. The van der Waals surface area contributed by atoms with Crippen LogP contribution in [0.3, 0.4) is 0 Å². The van der Waals surface area contributed by atoms with Gasteiger partial charge in [-0.05, 0) is 32.9 Å². The van der Waals surface area contributed by atoms with Gasteiger partial charge in [0, 0.05) is 0 Å². The minimum atomic E-state index is 0.265. The first-order valence-electron chi connectivity index (χ1n) is 6.08. The Hall–Kier alpha value is -0.0800. The highest BCUT2D eigenvalue weighted by atomic mass is 16.5. The molecule has 0 aliphatic rings. The highest BCUT2D eigenvalue weighted by Gasteiger charge is 2.14. The van der Waals surface area contributed by atoms with Crippen LogP contribution in [0.25, 0.3) is 0 Å². The van der Waals surface area contributed by atoms with E-state index in [9.17, 15) is 0 Å². The van der Waals surface area contributed by atoms with Gasteiger partial charge in [0.15, 0.2) is 0 Å². The van der Waals surface area contributed by atoms with Crippen LogP contribution in [-0.4, -0.2) is 30.3 Å². The van der Waals surface area contributed by atoms with E-state index < -0.39 is 0 Å². The Morgan fingerprint density at radius 3 is 2.00 bits per heavy atom. The standard InChI is InChI=1S/C12H27NO/c1-6-10-12(7-2)14-11(5)13(8-3)9-4/h11-12H,6-10H2,1-5H3. The van der Waals surface area contributed by atoms with Gasteiger partial charge in [-0.1, -0.05) is 34.1 Å². The molecule has 0 saturated carbocycles. The number of nitrogens with zero attached hydrogens (tertiary/aromatic N) is 1. The lowest BCUT2D eigenvalue weighted by molar-refractivity contribution is -0.0893. The highest BCUT2D eigenvalue weighted by Crippen LogP contribution is 2.11. The van der Waals surface area contributed by atoms with Gasteiger partial charge in [0.05, 0.1) is 6.10 Å². The molecular weight excluding hydrogens is 174 g/mol. The molecule has 0 aliphatic heterocycles. The minimum Gasteiger partial charge on any atom is -0.360 e. The van der Waals surface area contributed by atoms with Crippen LogP contribution < -0.4 is 0 Å². The first-order chi connectivity index (χ1) is 6.69. The molecule has 2 nitrogen and oxygen atoms in total. The monoisotopic (exact) mass is 201 g/mol. The third-order valence-corrected chi connectivity index (χ3v) is 2.78. The number of hydrogen-bond donors (Lipinski definition) is 0. The summed E-state index contributed by atoms with van der Waals surface area (Å²) in [7, 11) is 0. The zero-order valence-electron chi connectivity index (χ0n) is 10.5. The van der Waals surface area contributed by atoms with Crippen LogP contribution >= 0.6 is 0 Å². The second-order valence-corrected chi connectivity index (χ2v) is 3.78. The number of rotatable bonds is 8. The van der Waals surface area contributed by atoms with Crippen molar-refractivity contribution >= 4 is 0 Å². The molecule has 0 amide bonds. The summed E-state index contributed by atoms with van der Waals surface area (Å²) in [6.45, 7) is 13.1. The van der Waals surface area contributed by atoms with Gasteiger partial charge in [0.1, 0.15) is 6.23 Å². The maximum Gasteiger partial charge on any atom is 0.108 e. The normalized spacial score (nSPS) is 15.9. The van der Waals surface area contributed by atoms with Gasteiger partial charge in [0.2, 0.25) is 0 Å². The molecule has 0 heterocycles. The maximum atomic E-state index is 6.01. The van der Waals surface area contributed by atoms with E-state index in [1.807, 2.05) is 0 Å². The molecule has 2 heteroatoms. The Balaban J connectivity index is 3.92.